The van der Waals surface area contributed by atoms with Gasteiger partial charge in [-0.3, -0.25) is 4.57 Å². The molecule has 27 heavy (non-hydrogen) atoms. The van der Waals surface area contributed by atoms with Crippen molar-refractivity contribution in [3.8, 4) is 11.4 Å². The van der Waals surface area contributed by atoms with E-state index in [1.165, 1.54) is 17.3 Å². The molecule has 0 aliphatic rings. The van der Waals surface area contributed by atoms with Crippen molar-refractivity contribution in [3.05, 3.63) is 65.0 Å². The average Bonchev–Trinajstić information content (AvgIpc) is 3.01. The summed E-state index contributed by atoms with van der Waals surface area (Å²) in [7, 11) is 0. The molecule has 0 unspecified atom stereocenters. The lowest BCUT2D eigenvalue weighted by atomic mass is 10.1. The molecule has 142 valence electrons. The van der Waals surface area contributed by atoms with Crippen LogP contribution in [-0.4, -0.2) is 38.3 Å². The van der Waals surface area contributed by atoms with Crippen LogP contribution >= 0.6 is 11.8 Å². The van der Waals surface area contributed by atoms with Crippen molar-refractivity contribution in [2.24, 2.45) is 0 Å². The van der Waals surface area contributed by atoms with E-state index >= 15 is 0 Å². The standard InChI is InChI=1S/C21H25N3O2S/c1-14-6-5-7-18(10-14)24-17(4)22-23-21(24)27-13-19(25)12-26-20-11-15(2)8-9-16(20)3/h5-11,19,25H,12-13H2,1-4H3/t19-/m0/s1. The van der Waals surface area contributed by atoms with Crippen LogP contribution in [-0.2, 0) is 0 Å². The molecule has 2 aromatic carbocycles. The highest BCUT2D eigenvalue weighted by Crippen LogP contribution is 2.24. The first-order valence-electron chi connectivity index (χ1n) is 8.94. The Morgan fingerprint density at radius 3 is 2.59 bits per heavy atom. The van der Waals surface area contributed by atoms with Gasteiger partial charge in [0.15, 0.2) is 5.16 Å². The summed E-state index contributed by atoms with van der Waals surface area (Å²) < 4.78 is 7.81. The molecule has 1 heterocycles. The summed E-state index contributed by atoms with van der Waals surface area (Å²) in [6.07, 6.45) is -0.599. The van der Waals surface area contributed by atoms with E-state index in [1.54, 1.807) is 0 Å². The molecular weight excluding hydrogens is 358 g/mol. The summed E-state index contributed by atoms with van der Waals surface area (Å²) >= 11 is 1.48. The van der Waals surface area contributed by atoms with Gasteiger partial charge < -0.3 is 9.84 Å². The van der Waals surface area contributed by atoms with Crippen LogP contribution in [0.25, 0.3) is 5.69 Å². The largest absolute Gasteiger partial charge is 0.491 e. The number of nitrogens with zero attached hydrogens (tertiary/aromatic N) is 3. The Balaban J connectivity index is 1.63. The van der Waals surface area contributed by atoms with Gasteiger partial charge in [-0.1, -0.05) is 36.0 Å². The third-order valence-corrected chi connectivity index (χ3v) is 5.31. The Hall–Kier alpha value is -2.31. The van der Waals surface area contributed by atoms with E-state index in [9.17, 15) is 5.11 Å². The minimum atomic E-state index is -0.599. The maximum absolute atomic E-state index is 10.3. The molecule has 0 aliphatic heterocycles. The molecule has 1 N–H and O–H groups in total. The average molecular weight is 384 g/mol. The summed E-state index contributed by atoms with van der Waals surface area (Å²) in [5.41, 5.74) is 4.41. The summed E-state index contributed by atoms with van der Waals surface area (Å²) in [6.45, 7) is 8.26. The fourth-order valence-electron chi connectivity index (χ4n) is 2.77. The smallest absolute Gasteiger partial charge is 0.195 e. The Labute approximate surface area is 164 Å². The quantitative estimate of drug-likeness (QED) is 0.624. The summed E-state index contributed by atoms with van der Waals surface area (Å²) in [6, 6.07) is 14.3. The number of hydrogen-bond donors (Lipinski definition) is 1. The highest BCUT2D eigenvalue weighted by Gasteiger charge is 2.14. The molecule has 0 saturated carbocycles. The summed E-state index contributed by atoms with van der Waals surface area (Å²) in [5, 5.41) is 19.6. The highest BCUT2D eigenvalue weighted by molar-refractivity contribution is 7.99. The van der Waals surface area contributed by atoms with Gasteiger partial charge in [0.05, 0.1) is 6.10 Å². The lowest BCUT2D eigenvalue weighted by molar-refractivity contribution is 0.126. The van der Waals surface area contributed by atoms with E-state index in [0.29, 0.717) is 5.75 Å². The number of aliphatic hydroxyl groups is 1. The van der Waals surface area contributed by atoms with Crippen LogP contribution in [0, 0.1) is 27.7 Å². The van der Waals surface area contributed by atoms with E-state index in [-0.39, 0.29) is 6.61 Å². The fraction of sp³-hybridized carbons (Fsp3) is 0.333. The minimum absolute atomic E-state index is 0.245. The van der Waals surface area contributed by atoms with Crippen molar-refractivity contribution in [2.45, 2.75) is 39.0 Å². The lowest BCUT2D eigenvalue weighted by Crippen LogP contribution is -2.20. The number of ether oxygens (including phenoxy) is 1. The number of hydrogen-bond acceptors (Lipinski definition) is 5. The Morgan fingerprint density at radius 1 is 1.04 bits per heavy atom. The van der Waals surface area contributed by atoms with Crippen LogP contribution in [0.1, 0.15) is 22.5 Å². The second-order valence-electron chi connectivity index (χ2n) is 6.75. The summed E-state index contributed by atoms with van der Waals surface area (Å²) in [5.74, 6) is 2.12. The predicted molar refractivity (Wildman–Crippen MR) is 109 cm³/mol. The highest BCUT2D eigenvalue weighted by atomic mass is 32.2. The van der Waals surface area contributed by atoms with Gasteiger partial charge in [-0.25, -0.2) is 0 Å². The van der Waals surface area contributed by atoms with Crippen LogP contribution in [0.4, 0.5) is 0 Å². The maximum Gasteiger partial charge on any atom is 0.195 e. The Morgan fingerprint density at radius 2 is 1.81 bits per heavy atom. The molecule has 0 bridgehead atoms. The normalized spacial score (nSPS) is 12.2. The molecule has 3 aromatic rings. The predicted octanol–water partition coefficient (Wildman–Crippen LogP) is 4.03. The van der Waals surface area contributed by atoms with E-state index in [0.717, 1.165) is 33.5 Å². The molecule has 0 radical (unpaired) electrons. The van der Waals surface area contributed by atoms with Gasteiger partial charge in [0.25, 0.3) is 0 Å². The Bertz CT molecular complexity index is 924. The van der Waals surface area contributed by atoms with Gasteiger partial charge in [-0.2, -0.15) is 0 Å². The number of aromatic nitrogens is 3. The van der Waals surface area contributed by atoms with Crippen molar-refractivity contribution in [3.63, 3.8) is 0 Å². The maximum atomic E-state index is 10.3. The van der Waals surface area contributed by atoms with Crippen LogP contribution in [0.2, 0.25) is 0 Å². The first-order chi connectivity index (χ1) is 12.9. The molecule has 6 heteroatoms. The first-order valence-corrected chi connectivity index (χ1v) is 9.92. The van der Waals surface area contributed by atoms with Crippen molar-refractivity contribution in [2.75, 3.05) is 12.4 Å². The molecule has 0 saturated heterocycles. The second kappa shape index (κ2) is 8.59. The molecule has 3 rings (SSSR count). The lowest BCUT2D eigenvalue weighted by Gasteiger charge is -2.14. The molecule has 0 aliphatic carbocycles. The van der Waals surface area contributed by atoms with Crippen LogP contribution in [0.3, 0.4) is 0 Å². The number of benzene rings is 2. The van der Waals surface area contributed by atoms with Gasteiger partial charge in [0.2, 0.25) is 0 Å². The van der Waals surface area contributed by atoms with Crippen molar-refractivity contribution < 1.29 is 9.84 Å². The third kappa shape index (κ3) is 4.90. The molecule has 0 amide bonds. The van der Waals surface area contributed by atoms with Gasteiger partial charge >= 0.3 is 0 Å². The monoisotopic (exact) mass is 383 g/mol. The molecule has 1 atom stereocenters. The van der Waals surface area contributed by atoms with E-state index < -0.39 is 6.10 Å². The van der Waals surface area contributed by atoms with Gasteiger partial charge in [0, 0.05) is 11.4 Å². The van der Waals surface area contributed by atoms with E-state index in [1.807, 2.05) is 49.6 Å². The number of aryl methyl sites for hydroxylation is 4. The summed E-state index contributed by atoms with van der Waals surface area (Å²) in [4.78, 5) is 0. The van der Waals surface area contributed by atoms with Crippen LogP contribution < -0.4 is 4.74 Å². The van der Waals surface area contributed by atoms with E-state index in [4.69, 9.17) is 4.74 Å². The molecule has 5 nitrogen and oxygen atoms in total. The number of aliphatic hydroxyl groups excluding tert-OH is 1. The third-order valence-electron chi connectivity index (χ3n) is 4.23. The first kappa shape index (κ1) is 19.5. The molecule has 0 spiro atoms. The SMILES string of the molecule is Cc1cccc(-n2c(C)nnc2SC[C@@H](O)COc2cc(C)ccc2C)c1. The van der Waals surface area contributed by atoms with Crippen LogP contribution in [0.5, 0.6) is 5.75 Å². The van der Waals surface area contributed by atoms with Crippen molar-refractivity contribution in [1.29, 1.82) is 0 Å². The second-order valence-corrected chi connectivity index (χ2v) is 7.74. The molecule has 0 fully saturated rings. The van der Waals surface area contributed by atoms with Crippen LogP contribution in [0.15, 0.2) is 47.6 Å². The number of rotatable bonds is 7. The van der Waals surface area contributed by atoms with Gasteiger partial charge in [-0.15, -0.1) is 10.2 Å². The van der Waals surface area contributed by atoms with E-state index in [2.05, 4.69) is 35.3 Å². The topological polar surface area (TPSA) is 60.2 Å². The minimum Gasteiger partial charge on any atom is -0.491 e. The van der Waals surface area contributed by atoms with Crippen molar-refractivity contribution in [1.82, 2.24) is 14.8 Å². The zero-order valence-electron chi connectivity index (χ0n) is 16.1. The zero-order valence-corrected chi connectivity index (χ0v) is 17.0. The molecular formula is C21H25N3O2S. The fourth-order valence-corrected chi connectivity index (χ4v) is 3.67. The Kier molecular flexibility index (Phi) is 6.19. The molecule has 1 aromatic heterocycles. The van der Waals surface area contributed by atoms with Gasteiger partial charge in [0.1, 0.15) is 18.2 Å². The zero-order chi connectivity index (χ0) is 19.4. The number of thioether (sulfide) groups is 1. The van der Waals surface area contributed by atoms with Crippen molar-refractivity contribution >= 4 is 11.8 Å². The van der Waals surface area contributed by atoms with Gasteiger partial charge in [-0.05, 0) is 62.6 Å².